The average molecular weight is 463 g/mol. The van der Waals surface area contributed by atoms with Gasteiger partial charge in [0.1, 0.15) is 0 Å². The van der Waals surface area contributed by atoms with Crippen molar-refractivity contribution in [1.29, 1.82) is 0 Å². The zero-order valence-electron chi connectivity index (χ0n) is 20.3. The molecular weight excluding hydrogens is 420 g/mol. The van der Waals surface area contributed by atoms with Crippen molar-refractivity contribution in [2.75, 3.05) is 0 Å². The van der Waals surface area contributed by atoms with Crippen LogP contribution in [0, 0.1) is 23.2 Å². The highest BCUT2D eigenvalue weighted by Crippen LogP contribution is 2.60. The number of carboxylic acid groups (broad SMARTS) is 1. The third-order valence-corrected chi connectivity index (χ3v) is 8.73. The third kappa shape index (κ3) is 5.61. The van der Waals surface area contributed by atoms with E-state index in [-0.39, 0.29) is 17.8 Å². The summed E-state index contributed by atoms with van der Waals surface area (Å²) in [6.45, 7) is 9.76. The van der Waals surface area contributed by atoms with Gasteiger partial charge in [-0.1, -0.05) is 38.2 Å². The first-order chi connectivity index (χ1) is 15.3. The predicted octanol–water partition coefficient (Wildman–Crippen LogP) is 3.74. The van der Waals surface area contributed by atoms with E-state index in [0.717, 1.165) is 37.7 Å². The Balaban J connectivity index is 1.71. The predicted molar refractivity (Wildman–Crippen MR) is 127 cm³/mol. The molecule has 0 radical (unpaired) electrons. The number of aliphatic hydroxyl groups is 4. The van der Waals surface area contributed by atoms with Gasteiger partial charge in [-0.2, -0.15) is 0 Å². The molecule has 0 saturated heterocycles. The monoisotopic (exact) mass is 462 g/mol. The average Bonchev–Trinajstić information content (AvgIpc) is 3.06. The minimum absolute atomic E-state index is 0.125. The molecule has 0 aromatic rings. The lowest BCUT2D eigenvalue weighted by Gasteiger charge is -2.44. The lowest BCUT2D eigenvalue weighted by Crippen LogP contribution is -2.40. The second kappa shape index (κ2) is 10.0. The van der Waals surface area contributed by atoms with E-state index in [9.17, 15) is 25.2 Å². The van der Waals surface area contributed by atoms with Crippen LogP contribution in [-0.2, 0) is 4.79 Å². The van der Waals surface area contributed by atoms with Crippen LogP contribution in [0.4, 0.5) is 0 Å². The second-order valence-electron chi connectivity index (χ2n) is 11.3. The topological polar surface area (TPSA) is 118 Å². The first-order valence-electron chi connectivity index (χ1n) is 12.4. The Hall–Kier alpha value is -1.47. The molecule has 0 aromatic heterocycles. The number of allylic oxidation sites excluding steroid dienone is 3. The highest BCUT2D eigenvalue weighted by molar-refractivity contribution is 5.76. The normalized spacial score (nSPS) is 38.7. The van der Waals surface area contributed by atoms with Gasteiger partial charge in [-0.15, -0.1) is 0 Å². The molecule has 0 spiro atoms. The fourth-order valence-electron chi connectivity index (χ4n) is 6.90. The van der Waals surface area contributed by atoms with Crippen LogP contribution in [0.25, 0.3) is 0 Å². The van der Waals surface area contributed by atoms with Crippen LogP contribution in [0.1, 0.15) is 78.6 Å². The lowest BCUT2D eigenvalue weighted by molar-refractivity contribution is -0.160. The summed E-state index contributed by atoms with van der Waals surface area (Å²) < 4.78 is 0. The van der Waals surface area contributed by atoms with E-state index in [1.165, 1.54) is 12.5 Å². The maximum absolute atomic E-state index is 11.2. The van der Waals surface area contributed by atoms with Crippen molar-refractivity contribution in [3.63, 3.8) is 0 Å². The maximum Gasteiger partial charge on any atom is 0.335 e. The van der Waals surface area contributed by atoms with Crippen molar-refractivity contribution in [1.82, 2.24) is 0 Å². The summed E-state index contributed by atoms with van der Waals surface area (Å²) >= 11 is 0. The van der Waals surface area contributed by atoms with Crippen molar-refractivity contribution >= 4 is 5.97 Å². The summed E-state index contributed by atoms with van der Waals surface area (Å²) in [6.07, 6.45) is 8.81. The van der Waals surface area contributed by atoms with Crippen LogP contribution < -0.4 is 0 Å². The van der Waals surface area contributed by atoms with Gasteiger partial charge >= 0.3 is 5.97 Å². The van der Waals surface area contributed by atoms with Crippen molar-refractivity contribution in [3.8, 4) is 0 Å². The first-order valence-corrected chi connectivity index (χ1v) is 12.4. The molecule has 0 bridgehead atoms. The smallest absolute Gasteiger partial charge is 0.335 e. The van der Waals surface area contributed by atoms with Crippen LogP contribution >= 0.6 is 0 Å². The lowest BCUT2D eigenvalue weighted by atomic mass is 9.60. The Kier molecular flexibility index (Phi) is 7.94. The minimum Gasteiger partial charge on any atom is -0.479 e. The van der Waals surface area contributed by atoms with Crippen molar-refractivity contribution < 1.29 is 30.3 Å². The SMILES string of the molecule is C=C1C(=CC=C2CCC[C@@]3(C)C2CC[C@@H]3[C@H](C)C[C@H](O)C[C@@](C)(O)C(=O)O)C[C@@H](O)C[C@@H]1O. The molecule has 33 heavy (non-hydrogen) atoms. The third-order valence-electron chi connectivity index (χ3n) is 8.73. The molecule has 3 saturated carbocycles. The number of hydrogen-bond acceptors (Lipinski definition) is 5. The highest BCUT2D eigenvalue weighted by atomic mass is 16.4. The molecule has 0 aliphatic heterocycles. The van der Waals surface area contributed by atoms with Gasteiger partial charge in [0.15, 0.2) is 5.60 Å². The largest absolute Gasteiger partial charge is 0.479 e. The van der Waals surface area contributed by atoms with Crippen molar-refractivity contribution in [2.45, 2.75) is 102 Å². The van der Waals surface area contributed by atoms with Gasteiger partial charge in [0.05, 0.1) is 18.3 Å². The number of hydrogen-bond donors (Lipinski definition) is 5. The van der Waals surface area contributed by atoms with Gasteiger partial charge in [0.25, 0.3) is 0 Å². The number of carboxylic acids is 1. The zero-order chi connectivity index (χ0) is 24.6. The van der Waals surface area contributed by atoms with E-state index in [0.29, 0.717) is 36.7 Å². The van der Waals surface area contributed by atoms with E-state index in [1.54, 1.807) is 0 Å². The van der Waals surface area contributed by atoms with Gasteiger partial charge in [-0.25, -0.2) is 4.79 Å². The summed E-state index contributed by atoms with van der Waals surface area (Å²) in [4.78, 5) is 11.2. The van der Waals surface area contributed by atoms with E-state index >= 15 is 0 Å². The van der Waals surface area contributed by atoms with Crippen LogP contribution in [0.2, 0.25) is 0 Å². The van der Waals surface area contributed by atoms with Crippen molar-refractivity contribution in [3.05, 3.63) is 35.5 Å². The molecule has 6 nitrogen and oxygen atoms in total. The Morgan fingerprint density at radius 2 is 2.00 bits per heavy atom. The molecular formula is C27H42O6. The number of carbonyl (C=O) groups is 1. The molecule has 1 unspecified atom stereocenters. The summed E-state index contributed by atoms with van der Waals surface area (Å²) in [5.41, 5.74) is 1.26. The number of aliphatic carboxylic acids is 1. The molecule has 3 aliphatic rings. The van der Waals surface area contributed by atoms with Crippen LogP contribution in [0.3, 0.4) is 0 Å². The van der Waals surface area contributed by atoms with Crippen LogP contribution in [0.5, 0.6) is 0 Å². The fraction of sp³-hybridized carbons (Fsp3) is 0.741. The van der Waals surface area contributed by atoms with E-state index < -0.39 is 29.9 Å². The molecule has 0 aromatic carbocycles. The molecule has 6 heteroatoms. The molecule has 3 rings (SSSR count). The molecule has 3 fully saturated rings. The number of aliphatic hydroxyl groups excluding tert-OH is 3. The summed E-state index contributed by atoms with van der Waals surface area (Å²) in [5, 5.41) is 49.8. The van der Waals surface area contributed by atoms with Crippen LogP contribution in [0.15, 0.2) is 35.5 Å². The van der Waals surface area contributed by atoms with E-state index in [2.05, 4.69) is 26.5 Å². The molecule has 0 heterocycles. The van der Waals surface area contributed by atoms with Gasteiger partial charge in [0.2, 0.25) is 0 Å². The van der Waals surface area contributed by atoms with Gasteiger partial charge in [-0.05, 0) is 86.2 Å². The van der Waals surface area contributed by atoms with Crippen molar-refractivity contribution in [2.24, 2.45) is 23.2 Å². The summed E-state index contributed by atoms with van der Waals surface area (Å²) in [5.74, 6) is -0.197. The fourth-order valence-corrected chi connectivity index (χ4v) is 6.90. The Morgan fingerprint density at radius 1 is 1.30 bits per heavy atom. The Bertz CT molecular complexity index is 811. The summed E-state index contributed by atoms with van der Waals surface area (Å²) in [6, 6.07) is 0. The van der Waals surface area contributed by atoms with Gasteiger partial charge < -0.3 is 25.5 Å². The Morgan fingerprint density at radius 3 is 2.67 bits per heavy atom. The van der Waals surface area contributed by atoms with E-state index in [4.69, 9.17) is 5.11 Å². The quantitative estimate of drug-likeness (QED) is 0.393. The van der Waals surface area contributed by atoms with Crippen LogP contribution in [-0.4, -0.2) is 55.4 Å². The zero-order valence-corrected chi connectivity index (χ0v) is 20.3. The highest BCUT2D eigenvalue weighted by Gasteiger charge is 2.51. The van der Waals surface area contributed by atoms with Gasteiger partial charge in [0, 0.05) is 12.8 Å². The molecule has 0 amide bonds. The molecule has 186 valence electrons. The van der Waals surface area contributed by atoms with E-state index in [1.807, 2.05) is 6.08 Å². The molecule has 5 N–H and O–H groups in total. The number of rotatable bonds is 7. The standard InChI is InChI=1S/C27H42O6/c1-16(12-21(29)15-27(4,33)25(31)32)22-9-10-23-18(6-5-11-26(22,23)3)7-8-19-13-20(28)14-24(30)17(19)2/h7-8,16,20-24,28-30,33H,2,5-6,9-15H2,1,3-4H3,(H,31,32)/t16-,20-,21+,22-,23?,24+,26-,27-/m1/s1. The first kappa shape index (κ1) is 26.1. The molecule has 3 aliphatic carbocycles. The summed E-state index contributed by atoms with van der Waals surface area (Å²) in [7, 11) is 0. The number of fused-ring (bicyclic) bond motifs is 1. The van der Waals surface area contributed by atoms with Gasteiger partial charge in [-0.3, -0.25) is 0 Å². The second-order valence-corrected chi connectivity index (χ2v) is 11.3. The molecule has 8 atom stereocenters. The minimum atomic E-state index is -1.92. The maximum atomic E-state index is 11.2. The Labute approximate surface area is 197 Å².